The van der Waals surface area contributed by atoms with Gasteiger partial charge in [0.05, 0.1) is 11.8 Å². The molecule has 1 spiro atoms. The Hall–Kier alpha value is -1.56. The molecule has 3 nitrogen and oxygen atoms in total. The molecular formula is C16H22N2O. The van der Waals surface area contributed by atoms with Crippen LogP contribution in [-0.2, 0) is 4.84 Å². The summed E-state index contributed by atoms with van der Waals surface area (Å²) in [4.78, 5) is 5.73. The van der Waals surface area contributed by atoms with Gasteiger partial charge in [0, 0.05) is 12.0 Å². The Labute approximate surface area is 115 Å². The van der Waals surface area contributed by atoms with Crippen molar-refractivity contribution in [3.05, 3.63) is 22.8 Å². The van der Waals surface area contributed by atoms with Crippen LogP contribution < -0.4 is 0 Å². The van der Waals surface area contributed by atoms with E-state index in [4.69, 9.17) is 4.84 Å². The van der Waals surface area contributed by atoms with Crippen LogP contribution in [0.25, 0.3) is 0 Å². The Kier molecular flexibility index (Phi) is 3.80. The molecule has 1 aliphatic heterocycles. The fraction of sp³-hybridized carbons (Fsp3) is 0.625. The topological polar surface area (TPSA) is 45.4 Å². The molecule has 0 aromatic carbocycles. The Balaban J connectivity index is 2.35. The van der Waals surface area contributed by atoms with E-state index < -0.39 is 0 Å². The second kappa shape index (κ2) is 5.21. The quantitative estimate of drug-likeness (QED) is 0.699. The lowest BCUT2D eigenvalue weighted by atomic mass is 9.76. The van der Waals surface area contributed by atoms with Crippen molar-refractivity contribution in [3.63, 3.8) is 0 Å². The molecule has 1 atom stereocenters. The highest BCUT2D eigenvalue weighted by atomic mass is 16.7. The van der Waals surface area contributed by atoms with Gasteiger partial charge in [0.15, 0.2) is 5.60 Å². The third kappa shape index (κ3) is 2.58. The molecule has 1 unspecified atom stereocenters. The van der Waals surface area contributed by atoms with Crippen LogP contribution in [0.15, 0.2) is 28.0 Å². The second-order valence-electron chi connectivity index (χ2n) is 5.96. The fourth-order valence-electron chi connectivity index (χ4n) is 2.91. The van der Waals surface area contributed by atoms with Gasteiger partial charge in [0.1, 0.15) is 0 Å². The van der Waals surface area contributed by atoms with Crippen LogP contribution in [0.2, 0.25) is 0 Å². The van der Waals surface area contributed by atoms with Crippen LogP contribution in [0.5, 0.6) is 0 Å². The molecule has 0 aromatic heterocycles. The zero-order valence-electron chi connectivity index (χ0n) is 12.3. The first-order chi connectivity index (χ1) is 8.98. The van der Waals surface area contributed by atoms with Gasteiger partial charge in [0.2, 0.25) is 0 Å². The largest absolute Gasteiger partial charge is 0.384 e. The van der Waals surface area contributed by atoms with E-state index in [0.29, 0.717) is 0 Å². The summed E-state index contributed by atoms with van der Waals surface area (Å²) < 4.78 is 0. The summed E-state index contributed by atoms with van der Waals surface area (Å²) in [5, 5.41) is 13.3. The van der Waals surface area contributed by atoms with Crippen LogP contribution in [-0.4, -0.2) is 11.3 Å². The van der Waals surface area contributed by atoms with E-state index in [1.54, 1.807) is 0 Å². The van der Waals surface area contributed by atoms with Gasteiger partial charge in [0.25, 0.3) is 0 Å². The van der Waals surface area contributed by atoms with E-state index in [1.165, 1.54) is 11.1 Å². The van der Waals surface area contributed by atoms with Crippen LogP contribution in [0.1, 0.15) is 53.4 Å². The van der Waals surface area contributed by atoms with Crippen molar-refractivity contribution in [1.82, 2.24) is 0 Å². The molecule has 0 saturated carbocycles. The van der Waals surface area contributed by atoms with Gasteiger partial charge in [-0.2, -0.15) is 5.26 Å². The SMILES string of the molecule is CC1=NOC2(CCCC(/C=C(/C#N)C(C)C)=C2C)C1. The first-order valence-electron chi connectivity index (χ1n) is 7.02. The lowest BCUT2D eigenvalue weighted by Gasteiger charge is -2.33. The van der Waals surface area contributed by atoms with Crippen LogP contribution in [0.3, 0.4) is 0 Å². The highest BCUT2D eigenvalue weighted by molar-refractivity contribution is 5.84. The number of nitriles is 1. The molecule has 0 N–H and O–H groups in total. The molecule has 0 fully saturated rings. The Morgan fingerprint density at radius 1 is 1.47 bits per heavy atom. The van der Waals surface area contributed by atoms with Crippen molar-refractivity contribution < 1.29 is 4.84 Å². The molecule has 1 aliphatic carbocycles. The molecule has 0 amide bonds. The number of rotatable bonds is 2. The third-order valence-corrected chi connectivity index (χ3v) is 4.19. The minimum absolute atomic E-state index is 0.230. The van der Waals surface area contributed by atoms with Gasteiger partial charge in [-0.1, -0.05) is 19.0 Å². The Bertz CT molecular complexity index is 505. The van der Waals surface area contributed by atoms with E-state index in [-0.39, 0.29) is 11.5 Å². The molecule has 102 valence electrons. The fourth-order valence-corrected chi connectivity index (χ4v) is 2.91. The standard InChI is InChI=1S/C16H22N2O/c1-11(2)15(10-17)8-14-6-5-7-16(13(14)4)9-12(3)18-19-16/h8,11H,5-7,9H2,1-4H3/b15-8-. The number of oxime groups is 1. The van der Waals surface area contributed by atoms with E-state index >= 15 is 0 Å². The number of nitrogens with zero attached hydrogens (tertiary/aromatic N) is 2. The van der Waals surface area contributed by atoms with Crippen molar-refractivity contribution >= 4 is 5.71 Å². The summed E-state index contributed by atoms with van der Waals surface area (Å²) in [6, 6.07) is 2.31. The van der Waals surface area contributed by atoms with Crippen molar-refractivity contribution in [2.45, 2.75) is 59.0 Å². The molecule has 0 radical (unpaired) electrons. The minimum Gasteiger partial charge on any atom is -0.384 e. The van der Waals surface area contributed by atoms with Gasteiger partial charge in [-0.05, 0) is 56.3 Å². The van der Waals surface area contributed by atoms with E-state index in [0.717, 1.165) is 37.0 Å². The molecule has 0 bridgehead atoms. The van der Waals surface area contributed by atoms with Gasteiger partial charge in [-0.15, -0.1) is 0 Å². The molecule has 2 rings (SSSR count). The van der Waals surface area contributed by atoms with E-state index in [1.807, 2.05) is 6.92 Å². The van der Waals surface area contributed by atoms with Gasteiger partial charge < -0.3 is 4.84 Å². The van der Waals surface area contributed by atoms with Crippen molar-refractivity contribution in [2.75, 3.05) is 0 Å². The van der Waals surface area contributed by atoms with Crippen molar-refractivity contribution in [1.29, 1.82) is 5.26 Å². The maximum atomic E-state index is 9.22. The third-order valence-electron chi connectivity index (χ3n) is 4.19. The molecule has 0 aromatic rings. The average molecular weight is 258 g/mol. The Morgan fingerprint density at radius 3 is 2.74 bits per heavy atom. The van der Waals surface area contributed by atoms with Crippen LogP contribution in [0, 0.1) is 17.2 Å². The summed E-state index contributed by atoms with van der Waals surface area (Å²) in [6.07, 6.45) is 6.12. The lowest BCUT2D eigenvalue weighted by Crippen LogP contribution is -2.33. The van der Waals surface area contributed by atoms with Crippen LogP contribution >= 0.6 is 0 Å². The lowest BCUT2D eigenvalue weighted by molar-refractivity contribution is -0.00111. The number of hydrogen-bond donors (Lipinski definition) is 0. The Morgan fingerprint density at radius 2 is 2.21 bits per heavy atom. The summed E-state index contributed by atoms with van der Waals surface area (Å²) >= 11 is 0. The smallest absolute Gasteiger partial charge is 0.164 e. The monoisotopic (exact) mass is 258 g/mol. The molecule has 2 aliphatic rings. The first-order valence-corrected chi connectivity index (χ1v) is 7.02. The second-order valence-corrected chi connectivity index (χ2v) is 5.96. The molecule has 3 heteroatoms. The predicted octanol–water partition coefficient (Wildman–Crippen LogP) is 4.13. The highest BCUT2D eigenvalue weighted by Crippen LogP contribution is 2.42. The zero-order valence-corrected chi connectivity index (χ0v) is 12.3. The highest BCUT2D eigenvalue weighted by Gasteiger charge is 2.42. The van der Waals surface area contributed by atoms with Gasteiger partial charge in [-0.3, -0.25) is 0 Å². The van der Waals surface area contributed by atoms with Crippen molar-refractivity contribution in [2.24, 2.45) is 11.1 Å². The number of hydrogen-bond acceptors (Lipinski definition) is 3. The molecule has 1 heterocycles. The number of allylic oxidation sites excluding steroid dienone is 3. The summed E-state index contributed by atoms with van der Waals surface area (Å²) in [7, 11) is 0. The maximum Gasteiger partial charge on any atom is 0.164 e. The molecule has 0 saturated heterocycles. The summed E-state index contributed by atoms with van der Waals surface area (Å²) in [5.74, 6) is 0.269. The van der Waals surface area contributed by atoms with E-state index in [9.17, 15) is 5.26 Å². The maximum absolute atomic E-state index is 9.22. The minimum atomic E-state index is -0.230. The van der Waals surface area contributed by atoms with Gasteiger partial charge >= 0.3 is 0 Å². The average Bonchev–Trinajstić information content (AvgIpc) is 2.73. The zero-order chi connectivity index (χ0) is 14.0. The molecule has 19 heavy (non-hydrogen) atoms. The van der Waals surface area contributed by atoms with Crippen LogP contribution in [0.4, 0.5) is 0 Å². The summed E-state index contributed by atoms with van der Waals surface area (Å²) in [5.41, 5.74) is 4.20. The normalized spacial score (nSPS) is 27.6. The van der Waals surface area contributed by atoms with Crippen molar-refractivity contribution in [3.8, 4) is 6.07 Å². The van der Waals surface area contributed by atoms with E-state index in [2.05, 4.69) is 38.1 Å². The predicted molar refractivity (Wildman–Crippen MR) is 76.6 cm³/mol. The molecular weight excluding hydrogens is 236 g/mol. The summed E-state index contributed by atoms with van der Waals surface area (Å²) in [6.45, 7) is 8.27. The van der Waals surface area contributed by atoms with Gasteiger partial charge in [-0.25, -0.2) is 0 Å². The first kappa shape index (κ1) is 13.9.